The highest BCUT2D eigenvalue weighted by Crippen LogP contribution is 2.15. The lowest BCUT2D eigenvalue weighted by molar-refractivity contribution is 0.0699. The van der Waals surface area contributed by atoms with E-state index in [2.05, 4.69) is 20.1 Å². The first-order valence-corrected chi connectivity index (χ1v) is 4.83. The van der Waals surface area contributed by atoms with Crippen molar-refractivity contribution >= 4 is 17.0 Å². The zero-order valence-electron chi connectivity index (χ0n) is 8.53. The molecule has 0 spiro atoms. The highest BCUT2D eigenvalue weighted by atomic mass is 16.4. The maximum atomic E-state index is 11.0. The Morgan fingerprint density at radius 2 is 2.35 bits per heavy atom. The molecule has 3 aromatic rings. The first-order chi connectivity index (χ1) is 8.25. The van der Waals surface area contributed by atoms with Gasteiger partial charge >= 0.3 is 5.97 Å². The summed E-state index contributed by atoms with van der Waals surface area (Å²) >= 11 is 0. The van der Waals surface area contributed by atoms with E-state index in [0.717, 1.165) is 0 Å². The van der Waals surface area contributed by atoms with E-state index < -0.39 is 5.97 Å². The number of aromatic carboxylic acids is 1. The number of hydrogen-bond acceptors (Lipinski definition) is 4. The Labute approximate surface area is 94.7 Å². The van der Waals surface area contributed by atoms with Gasteiger partial charge in [0.1, 0.15) is 11.1 Å². The molecule has 0 aromatic carbocycles. The topological polar surface area (TPSA) is 96.7 Å². The Morgan fingerprint density at radius 1 is 1.47 bits per heavy atom. The molecule has 0 aliphatic heterocycles. The van der Waals surface area contributed by atoms with Crippen LogP contribution in [0, 0.1) is 0 Å². The molecule has 3 heterocycles. The van der Waals surface area contributed by atoms with Crippen LogP contribution in [0.3, 0.4) is 0 Å². The van der Waals surface area contributed by atoms with Crippen LogP contribution in [0.1, 0.15) is 10.4 Å². The van der Waals surface area contributed by atoms with E-state index >= 15 is 0 Å². The zero-order chi connectivity index (χ0) is 11.8. The summed E-state index contributed by atoms with van der Waals surface area (Å²) in [5.74, 6) is -0.689. The van der Waals surface area contributed by atoms with E-state index in [4.69, 9.17) is 5.11 Å². The van der Waals surface area contributed by atoms with Gasteiger partial charge in [0.05, 0.1) is 11.7 Å². The molecule has 0 amide bonds. The summed E-state index contributed by atoms with van der Waals surface area (Å²) in [7, 11) is 0. The molecule has 0 unspecified atom stereocenters. The van der Waals surface area contributed by atoms with Crippen molar-refractivity contribution in [2.45, 2.75) is 0 Å². The summed E-state index contributed by atoms with van der Waals surface area (Å²) in [6.45, 7) is 0. The van der Waals surface area contributed by atoms with Crippen molar-refractivity contribution in [2.24, 2.45) is 0 Å². The molecule has 0 saturated heterocycles. The predicted octanol–water partition coefficient (Wildman–Crippen LogP) is 0.842. The van der Waals surface area contributed by atoms with Crippen LogP contribution in [0.15, 0.2) is 30.9 Å². The van der Waals surface area contributed by atoms with Gasteiger partial charge in [-0.15, -0.1) is 0 Å². The molecule has 7 nitrogen and oxygen atoms in total. The van der Waals surface area contributed by atoms with Gasteiger partial charge in [0.2, 0.25) is 0 Å². The van der Waals surface area contributed by atoms with E-state index in [1.807, 2.05) is 0 Å². The van der Waals surface area contributed by atoms with E-state index in [1.165, 1.54) is 17.1 Å². The number of rotatable bonds is 2. The lowest BCUT2D eigenvalue weighted by atomic mass is 10.3. The van der Waals surface area contributed by atoms with E-state index in [-0.39, 0.29) is 5.56 Å². The average molecular weight is 229 g/mol. The summed E-state index contributed by atoms with van der Waals surface area (Å²) in [6.07, 6.45) is 6.22. The third-order valence-electron chi connectivity index (χ3n) is 2.34. The molecule has 3 rings (SSSR count). The predicted molar refractivity (Wildman–Crippen MR) is 58.0 cm³/mol. The van der Waals surface area contributed by atoms with Crippen molar-refractivity contribution in [2.75, 3.05) is 0 Å². The largest absolute Gasteiger partial charge is 0.478 e. The second kappa shape index (κ2) is 3.41. The molecule has 0 saturated carbocycles. The normalized spacial score (nSPS) is 10.8. The van der Waals surface area contributed by atoms with Crippen LogP contribution in [0.2, 0.25) is 0 Å². The van der Waals surface area contributed by atoms with Crippen LogP contribution in [-0.2, 0) is 0 Å². The SMILES string of the molecule is O=C(O)c1c[nH]c2cnc(-n3cccn3)nc12. The van der Waals surface area contributed by atoms with Crippen molar-refractivity contribution in [3.63, 3.8) is 0 Å². The second-order valence-electron chi connectivity index (χ2n) is 3.39. The number of aromatic nitrogens is 5. The summed E-state index contributed by atoms with van der Waals surface area (Å²) < 4.78 is 1.47. The fraction of sp³-hybridized carbons (Fsp3) is 0. The molecule has 7 heteroatoms. The van der Waals surface area contributed by atoms with Crippen LogP contribution >= 0.6 is 0 Å². The minimum Gasteiger partial charge on any atom is -0.478 e. The quantitative estimate of drug-likeness (QED) is 0.678. The van der Waals surface area contributed by atoms with Crippen molar-refractivity contribution in [3.8, 4) is 5.95 Å². The lowest BCUT2D eigenvalue weighted by Gasteiger charge is -1.99. The molecule has 0 aliphatic carbocycles. The molecular formula is C10H7N5O2. The second-order valence-corrected chi connectivity index (χ2v) is 3.39. The fourth-order valence-electron chi connectivity index (χ4n) is 1.56. The molecule has 0 radical (unpaired) electrons. The lowest BCUT2D eigenvalue weighted by Crippen LogP contribution is -2.02. The maximum Gasteiger partial charge on any atom is 0.339 e. The van der Waals surface area contributed by atoms with Crippen LogP contribution in [0.4, 0.5) is 0 Å². The van der Waals surface area contributed by atoms with Gasteiger partial charge in [-0.25, -0.2) is 19.4 Å². The smallest absolute Gasteiger partial charge is 0.339 e. The van der Waals surface area contributed by atoms with Crippen LogP contribution in [-0.4, -0.2) is 35.8 Å². The fourth-order valence-corrected chi connectivity index (χ4v) is 1.56. The van der Waals surface area contributed by atoms with Gasteiger partial charge in [-0.2, -0.15) is 5.10 Å². The molecule has 2 N–H and O–H groups in total. The summed E-state index contributed by atoms with van der Waals surface area (Å²) in [5, 5.41) is 13.0. The van der Waals surface area contributed by atoms with Crippen molar-refractivity contribution in [3.05, 3.63) is 36.4 Å². The van der Waals surface area contributed by atoms with E-state index in [1.54, 1.807) is 18.5 Å². The number of carboxylic acid groups (broad SMARTS) is 1. The number of aromatic amines is 1. The molecule has 3 aromatic heterocycles. The van der Waals surface area contributed by atoms with Crippen LogP contribution in [0.25, 0.3) is 17.0 Å². The monoisotopic (exact) mass is 229 g/mol. The first kappa shape index (κ1) is 9.52. The van der Waals surface area contributed by atoms with Gasteiger partial charge in [0.25, 0.3) is 5.95 Å². The highest BCUT2D eigenvalue weighted by molar-refractivity contribution is 6.01. The molecule has 17 heavy (non-hydrogen) atoms. The Bertz CT molecular complexity index is 686. The maximum absolute atomic E-state index is 11.0. The van der Waals surface area contributed by atoms with Gasteiger partial charge < -0.3 is 10.1 Å². The van der Waals surface area contributed by atoms with Gasteiger partial charge in [-0.05, 0) is 6.07 Å². The molecule has 0 bridgehead atoms. The number of hydrogen-bond donors (Lipinski definition) is 2. The third kappa shape index (κ3) is 1.44. The number of H-pyrrole nitrogens is 1. The number of nitrogens with zero attached hydrogens (tertiary/aromatic N) is 4. The molecule has 0 atom stereocenters. The van der Waals surface area contributed by atoms with E-state index in [0.29, 0.717) is 17.0 Å². The number of nitrogens with one attached hydrogen (secondary N) is 1. The highest BCUT2D eigenvalue weighted by Gasteiger charge is 2.13. The van der Waals surface area contributed by atoms with Crippen LogP contribution in [0.5, 0.6) is 0 Å². The molecule has 0 fully saturated rings. The van der Waals surface area contributed by atoms with Gasteiger partial charge in [0, 0.05) is 18.6 Å². The zero-order valence-corrected chi connectivity index (χ0v) is 8.53. The Balaban J connectivity index is 2.24. The minimum absolute atomic E-state index is 0.121. The summed E-state index contributed by atoms with van der Waals surface area (Å²) in [6, 6.07) is 1.74. The average Bonchev–Trinajstić information content (AvgIpc) is 2.97. The van der Waals surface area contributed by atoms with Crippen molar-refractivity contribution in [1.82, 2.24) is 24.7 Å². The van der Waals surface area contributed by atoms with E-state index in [9.17, 15) is 4.79 Å². The molecular weight excluding hydrogens is 222 g/mol. The van der Waals surface area contributed by atoms with Gasteiger partial charge in [-0.1, -0.05) is 0 Å². The number of fused-ring (bicyclic) bond motifs is 1. The standard InChI is InChI=1S/C10H7N5O2/c16-9(17)6-4-11-7-5-12-10(14-8(6)7)15-3-1-2-13-15/h1-5,11H,(H,16,17). The van der Waals surface area contributed by atoms with Crippen LogP contribution < -0.4 is 0 Å². The molecule has 84 valence electrons. The number of carboxylic acids is 1. The number of carbonyl (C=O) groups is 1. The van der Waals surface area contributed by atoms with Gasteiger partial charge in [0.15, 0.2) is 0 Å². The Kier molecular flexibility index (Phi) is 1.91. The Morgan fingerprint density at radius 3 is 3.06 bits per heavy atom. The van der Waals surface area contributed by atoms with Crippen molar-refractivity contribution in [1.29, 1.82) is 0 Å². The van der Waals surface area contributed by atoms with Gasteiger partial charge in [-0.3, -0.25) is 0 Å². The third-order valence-corrected chi connectivity index (χ3v) is 2.34. The minimum atomic E-state index is -1.03. The Hall–Kier alpha value is -2.70. The summed E-state index contributed by atoms with van der Waals surface area (Å²) in [4.78, 5) is 22.0. The molecule has 0 aliphatic rings. The summed E-state index contributed by atoms with van der Waals surface area (Å²) in [5.41, 5.74) is 1.08. The first-order valence-electron chi connectivity index (χ1n) is 4.83. The van der Waals surface area contributed by atoms with Crippen molar-refractivity contribution < 1.29 is 9.90 Å².